The van der Waals surface area contributed by atoms with E-state index < -0.39 is 0 Å². The Bertz CT molecular complexity index is 984. The first kappa shape index (κ1) is 19.9. The second-order valence-electron chi connectivity index (χ2n) is 8.75. The van der Waals surface area contributed by atoms with Gasteiger partial charge in [-0.25, -0.2) is 9.07 Å². The highest BCUT2D eigenvalue weighted by Gasteiger charge is 2.32. The zero-order valence-corrected chi connectivity index (χ0v) is 18.0. The van der Waals surface area contributed by atoms with E-state index in [0.29, 0.717) is 34.8 Å². The molecule has 1 amide bonds. The summed E-state index contributed by atoms with van der Waals surface area (Å²) in [6, 6.07) is 7.09. The minimum atomic E-state index is -0.271. The topological polar surface area (TPSA) is 46.3 Å². The fraction of sp³-hybridized carbons (Fsp3) is 0.591. The number of rotatable bonds is 5. The highest BCUT2D eigenvalue weighted by atomic mass is 32.1. The van der Waals surface area contributed by atoms with Crippen LogP contribution in [0.5, 0.6) is 0 Å². The predicted molar refractivity (Wildman–Crippen MR) is 115 cm³/mol. The Morgan fingerprint density at radius 2 is 1.77 bits per heavy atom. The van der Waals surface area contributed by atoms with Crippen molar-refractivity contribution in [1.82, 2.24) is 24.1 Å². The van der Waals surface area contributed by atoms with Crippen molar-refractivity contribution in [3.8, 4) is 11.4 Å². The molecule has 2 aromatic rings. The molecular weight excluding hydrogens is 401 g/mol. The van der Waals surface area contributed by atoms with Gasteiger partial charge < -0.3 is 4.90 Å². The molecule has 2 saturated heterocycles. The van der Waals surface area contributed by atoms with Gasteiger partial charge in [0.1, 0.15) is 5.82 Å². The Morgan fingerprint density at radius 3 is 2.43 bits per heavy atom. The lowest BCUT2D eigenvalue weighted by Crippen LogP contribution is -2.42. The Morgan fingerprint density at radius 1 is 1.07 bits per heavy atom. The van der Waals surface area contributed by atoms with E-state index in [9.17, 15) is 9.18 Å². The summed E-state index contributed by atoms with van der Waals surface area (Å²) in [7, 11) is 0. The average Bonchev–Trinajstić information content (AvgIpc) is 3.33. The van der Waals surface area contributed by atoms with Gasteiger partial charge >= 0.3 is 0 Å². The average molecular weight is 430 g/mol. The number of halogens is 1. The van der Waals surface area contributed by atoms with E-state index in [0.717, 1.165) is 64.7 Å². The highest BCUT2D eigenvalue weighted by Crippen LogP contribution is 2.39. The highest BCUT2D eigenvalue weighted by molar-refractivity contribution is 7.71. The van der Waals surface area contributed by atoms with Crippen molar-refractivity contribution in [2.45, 2.75) is 51.2 Å². The van der Waals surface area contributed by atoms with Gasteiger partial charge in [-0.3, -0.25) is 14.3 Å². The van der Waals surface area contributed by atoms with Crippen LogP contribution in [0.2, 0.25) is 0 Å². The number of aromatic nitrogens is 3. The maximum Gasteiger partial charge on any atom is 0.225 e. The van der Waals surface area contributed by atoms with Crippen LogP contribution in [-0.2, 0) is 11.5 Å². The molecular formula is C22H28FN5OS. The van der Waals surface area contributed by atoms with Gasteiger partial charge in [0.25, 0.3) is 0 Å². The van der Waals surface area contributed by atoms with Crippen molar-refractivity contribution in [2.24, 2.45) is 5.92 Å². The van der Waals surface area contributed by atoms with Crippen LogP contribution >= 0.6 is 12.2 Å². The lowest BCUT2D eigenvalue weighted by molar-refractivity contribution is -0.136. The van der Waals surface area contributed by atoms with Gasteiger partial charge in [0, 0.05) is 38.1 Å². The van der Waals surface area contributed by atoms with E-state index in [1.54, 1.807) is 12.1 Å². The van der Waals surface area contributed by atoms with Crippen LogP contribution in [0.1, 0.15) is 44.6 Å². The second-order valence-corrected chi connectivity index (χ2v) is 9.12. The smallest absolute Gasteiger partial charge is 0.225 e. The minimum Gasteiger partial charge on any atom is -0.342 e. The lowest BCUT2D eigenvalue weighted by Gasteiger charge is -2.32. The molecule has 5 rings (SSSR count). The molecule has 3 fully saturated rings. The number of likely N-dealkylation sites (tertiary alicyclic amines) is 2. The third kappa shape index (κ3) is 3.83. The molecule has 0 unspecified atom stereocenters. The Labute approximate surface area is 181 Å². The second kappa shape index (κ2) is 8.23. The van der Waals surface area contributed by atoms with Gasteiger partial charge in [0.05, 0.1) is 12.2 Å². The number of benzene rings is 1. The molecule has 1 aliphatic carbocycles. The summed E-state index contributed by atoms with van der Waals surface area (Å²) in [5, 5.41) is 4.73. The number of piperidine rings is 1. The van der Waals surface area contributed by atoms with Gasteiger partial charge in [0.2, 0.25) is 5.91 Å². The number of carbonyl (C=O) groups is 1. The number of nitrogens with zero attached hydrogens (tertiary/aromatic N) is 5. The number of hydrogen-bond acceptors (Lipinski definition) is 4. The Balaban J connectivity index is 1.30. The zero-order chi connectivity index (χ0) is 20.7. The van der Waals surface area contributed by atoms with Crippen molar-refractivity contribution in [2.75, 3.05) is 26.2 Å². The molecule has 2 aliphatic heterocycles. The van der Waals surface area contributed by atoms with Crippen LogP contribution in [0.15, 0.2) is 24.3 Å². The first-order chi connectivity index (χ1) is 14.6. The maximum absolute atomic E-state index is 14.4. The fourth-order valence-corrected chi connectivity index (χ4v) is 5.04. The molecule has 1 aromatic carbocycles. The summed E-state index contributed by atoms with van der Waals surface area (Å²) < 4.78 is 19.0. The molecule has 3 heterocycles. The van der Waals surface area contributed by atoms with Gasteiger partial charge in [-0.1, -0.05) is 12.1 Å². The van der Waals surface area contributed by atoms with Gasteiger partial charge in [-0.05, 0) is 62.9 Å². The van der Waals surface area contributed by atoms with Gasteiger partial charge in [0.15, 0.2) is 10.6 Å². The Hall–Kier alpha value is -2.06. The molecule has 6 nitrogen and oxygen atoms in total. The molecule has 0 spiro atoms. The molecule has 0 N–H and O–H groups in total. The monoisotopic (exact) mass is 429 g/mol. The third-order valence-electron chi connectivity index (χ3n) is 6.59. The molecule has 30 heavy (non-hydrogen) atoms. The van der Waals surface area contributed by atoms with Crippen LogP contribution < -0.4 is 0 Å². The quantitative estimate of drug-likeness (QED) is 0.678. The van der Waals surface area contributed by atoms with Crippen molar-refractivity contribution in [3.63, 3.8) is 0 Å². The van der Waals surface area contributed by atoms with Crippen LogP contribution in [0, 0.1) is 16.5 Å². The summed E-state index contributed by atoms with van der Waals surface area (Å²) in [4.78, 5) is 17.0. The normalized spacial score (nSPS) is 20.8. The molecule has 3 aliphatic rings. The van der Waals surface area contributed by atoms with Crippen molar-refractivity contribution >= 4 is 18.1 Å². The Kier molecular flexibility index (Phi) is 5.45. The largest absolute Gasteiger partial charge is 0.342 e. The SMILES string of the molecule is O=C(C1CCN(Cn2nc(-c3ccccc3F)n(C3CC3)c2=S)CC1)N1CCCC1. The first-order valence-electron chi connectivity index (χ1n) is 11.1. The predicted octanol–water partition coefficient (Wildman–Crippen LogP) is 3.85. The van der Waals surface area contributed by atoms with Gasteiger partial charge in [-0.15, -0.1) is 0 Å². The van der Waals surface area contributed by atoms with Gasteiger partial charge in [-0.2, -0.15) is 5.10 Å². The lowest BCUT2D eigenvalue weighted by atomic mass is 9.95. The molecule has 160 valence electrons. The maximum atomic E-state index is 14.4. The fourth-order valence-electron chi connectivity index (χ4n) is 4.71. The van der Waals surface area contributed by atoms with E-state index in [-0.39, 0.29) is 11.7 Å². The standard InChI is InChI=1S/C22H28FN5OS/c23-19-6-2-1-5-18(19)20-24-27(22(30)28(20)17-7-8-17)15-25-13-9-16(10-14-25)21(29)26-11-3-4-12-26/h1-2,5-6,16-17H,3-4,7-15H2. The summed E-state index contributed by atoms with van der Waals surface area (Å²) >= 11 is 5.73. The van der Waals surface area contributed by atoms with E-state index in [1.807, 2.05) is 20.2 Å². The van der Waals surface area contributed by atoms with Crippen molar-refractivity contribution in [1.29, 1.82) is 0 Å². The number of carbonyl (C=O) groups excluding carboxylic acids is 1. The zero-order valence-electron chi connectivity index (χ0n) is 17.2. The third-order valence-corrected chi connectivity index (χ3v) is 6.99. The summed E-state index contributed by atoms with van der Waals surface area (Å²) in [6.07, 6.45) is 6.16. The van der Waals surface area contributed by atoms with Crippen molar-refractivity contribution < 1.29 is 9.18 Å². The van der Waals surface area contributed by atoms with Crippen LogP contribution in [-0.4, -0.2) is 56.2 Å². The molecule has 1 saturated carbocycles. The minimum absolute atomic E-state index is 0.144. The summed E-state index contributed by atoms with van der Waals surface area (Å²) in [6.45, 7) is 4.15. The molecule has 1 aromatic heterocycles. The molecule has 8 heteroatoms. The van der Waals surface area contributed by atoms with Crippen LogP contribution in [0.3, 0.4) is 0 Å². The summed E-state index contributed by atoms with van der Waals surface area (Å²) in [5.74, 6) is 0.835. The molecule has 0 bridgehead atoms. The van der Waals surface area contributed by atoms with E-state index >= 15 is 0 Å². The first-order valence-corrected chi connectivity index (χ1v) is 11.5. The van der Waals surface area contributed by atoms with Crippen molar-refractivity contribution in [3.05, 3.63) is 34.9 Å². The van der Waals surface area contributed by atoms with E-state index in [1.165, 1.54) is 6.07 Å². The molecule has 0 radical (unpaired) electrons. The number of hydrogen-bond donors (Lipinski definition) is 0. The van der Waals surface area contributed by atoms with Crippen LogP contribution in [0.25, 0.3) is 11.4 Å². The molecule has 0 atom stereocenters. The van der Waals surface area contributed by atoms with E-state index in [2.05, 4.69) is 4.90 Å². The van der Waals surface area contributed by atoms with Crippen LogP contribution in [0.4, 0.5) is 4.39 Å². The summed E-state index contributed by atoms with van der Waals surface area (Å²) in [5.41, 5.74) is 0.504. The number of amides is 1. The van der Waals surface area contributed by atoms with E-state index in [4.69, 9.17) is 17.3 Å².